The Hall–Kier alpha value is -1.31. The second-order valence-corrected chi connectivity index (χ2v) is 6.24. The third-order valence-corrected chi connectivity index (χ3v) is 5.11. The van der Waals surface area contributed by atoms with Gasteiger partial charge in [-0.05, 0) is 53.4 Å². The van der Waals surface area contributed by atoms with Crippen molar-refractivity contribution in [1.29, 1.82) is 0 Å². The Labute approximate surface area is 110 Å². The molecule has 0 bridgehead atoms. The van der Waals surface area contributed by atoms with Crippen molar-refractivity contribution < 1.29 is 5.21 Å². The van der Waals surface area contributed by atoms with E-state index in [1.165, 1.54) is 22.3 Å². The fraction of sp³-hybridized carbons (Fsp3) is 0.562. The molecule has 2 heteroatoms. The van der Waals surface area contributed by atoms with Crippen LogP contribution in [0.4, 0.5) is 0 Å². The summed E-state index contributed by atoms with van der Waals surface area (Å²) in [6, 6.07) is 2.28. The average Bonchev–Trinajstić information content (AvgIpc) is 2.46. The van der Waals surface area contributed by atoms with Crippen molar-refractivity contribution in [3.05, 3.63) is 33.9 Å². The molecule has 0 radical (unpaired) electrons. The number of nitrogens with zero attached hydrogens (tertiary/aromatic N) is 1. The van der Waals surface area contributed by atoms with Crippen LogP contribution in [0.25, 0.3) is 0 Å². The first-order chi connectivity index (χ1) is 8.32. The molecular weight excluding hydrogens is 222 g/mol. The van der Waals surface area contributed by atoms with Gasteiger partial charge in [-0.25, -0.2) is 0 Å². The molecule has 0 heterocycles. The molecule has 0 aromatic heterocycles. The molecule has 0 saturated heterocycles. The molecule has 2 unspecified atom stereocenters. The largest absolute Gasteiger partial charge is 0.411 e. The highest BCUT2D eigenvalue weighted by Gasteiger charge is 2.42. The number of hydrogen-bond donors (Lipinski definition) is 1. The van der Waals surface area contributed by atoms with Gasteiger partial charge in [0.25, 0.3) is 0 Å². The molecule has 1 aliphatic rings. The second kappa shape index (κ2) is 4.11. The molecule has 1 aromatic carbocycles. The van der Waals surface area contributed by atoms with E-state index in [9.17, 15) is 0 Å². The highest BCUT2D eigenvalue weighted by molar-refractivity contribution is 5.84. The van der Waals surface area contributed by atoms with Crippen LogP contribution in [-0.2, 0) is 5.41 Å². The van der Waals surface area contributed by atoms with Gasteiger partial charge in [0.2, 0.25) is 0 Å². The highest BCUT2D eigenvalue weighted by atomic mass is 16.4. The maximum Gasteiger partial charge on any atom is 0.0739 e. The van der Waals surface area contributed by atoms with Crippen LogP contribution in [0.5, 0.6) is 0 Å². The third kappa shape index (κ3) is 1.58. The minimum absolute atomic E-state index is 0.221. The first-order valence-electron chi connectivity index (χ1n) is 6.64. The van der Waals surface area contributed by atoms with E-state index in [1.807, 2.05) is 0 Å². The number of oxime groups is 1. The fourth-order valence-corrected chi connectivity index (χ4v) is 3.51. The lowest BCUT2D eigenvalue weighted by Crippen LogP contribution is -2.22. The first kappa shape index (κ1) is 13.1. The minimum Gasteiger partial charge on any atom is -0.411 e. The van der Waals surface area contributed by atoms with Crippen molar-refractivity contribution in [1.82, 2.24) is 0 Å². The molecule has 98 valence electrons. The fourth-order valence-electron chi connectivity index (χ4n) is 3.51. The molecule has 1 N–H and O–H groups in total. The summed E-state index contributed by atoms with van der Waals surface area (Å²) in [4.78, 5) is 0. The van der Waals surface area contributed by atoms with Crippen molar-refractivity contribution in [2.45, 2.75) is 52.9 Å². The van der Waals surface area contributed by atoms with E-state index in [-0.39, 0.29) is 5.41 Å². The molecule has 18 heavy (non-hydrogen) atoms. The lowest BCUT2D eigenvalue weighted by Gasteiger charge is -2.27. The molecule has 2 rings (SSSR count). The topological polar surface area (TPSA) is 32.6 Å². The number of hydrogen-bond acceptors (Lipinski definition) is 2. The predicted molar refractivity (Wildman–Crippen MR) is 75.9 cm³/mol. The van der Waals surface area contributed by atoms with Gasteiger partial charge in [0.05, 0.1) is 6.21 Å². The first-order valence-corrected chi connectivity index (χ1v) is 6.64. The Balaban J connectivity index is 2.76. The summed E-state index contributed by atoms with van der Waals surface area (Å²) in [7, 11) is 0. The highest BCUT2D eigenvalue weighted by Crippen LogP contribution is 2.51. The van der Waals surface area contributed by atoms with Crippen molar-refractivity contribution in [2.75, 3.05) is 0 Å². The zero-order valence-corrected chi connectivity index (χ0v) is 12.2. The van der Waals surface area contributed by atoms with Crippen LogP contribution in [0.2, 0.25) is 0 Å². The van der Waals surface area contributed by atoms with E-state index in [1.54, 1.807) is 6.21 Å². The van der Waals surface area contributed by atoms with Crippen molar-refractivity contribution in [3.8, 4) is 0 Å². The summed E-state index contributed by atoms with van der Waals surface area (Å²) >= 11 is 0. The third-order valence-electron chi connectivity index (χ3n) is 5.11. The summed E-state index contributed by atoms with van der Waals surface area (Å²) in [6.45, 7) is 13.5. The van der Waals surface area contributed by atoms with Gasteiger partial charge in [0.15, 0.2) is 0 Å². The molecule has 0 spiro atoms. The van der Waals surface area contributed by atoms with Crippen molar-refractivity contribution in [2.24, 2.45) is 11.1 Å². The molecule has 2 nitrogen and oxygen atoms in total. The van der Waals surface area contributed by atoms with Gasteiger partial charge in [0.1, 0.15) is 0 Å². The van der Waals surface area contributed by atoms with Gasteiger partial charge in [-0.2, -0.15) is 0 Å². The smallest absolute Gasteiger partial charge is 0.0739 e. The SMILES string of the molecule is Cc1cc2c(c(C)c1C=NO)C(C)C(C)C2(C)C. The number of aryl methyl sites for hydroxylation is 1. The number of benzene rings is 1. The summed E-state index contributed by atoms with van der Waals surface area (Å²) in [6.07, 6.45) is 1.56. The van der Waals surface area contributed by atoms with Gasteiger partial charge in [0, 0.05) is 5.56 Å². The van der Waals surface area contributed by atoms with E-state index in [0.717, 1.165) is 5.56 Å². The summed E-state index contributed by atoms with van der Waals surface area (Å²) in [5.74, 6) is 1.19. The van der Waals surface area contributed by atoms with Crippen LogP contribution in [0.3, 0.4) is 0 Å². The van der Waals surface area contributed by atoms with Gasteiger partial charge in [-0.3, -0.25) is 0 Å². The molecule has 0 amide bonds. The molecular formula is C16H23NO. The Morgan fingerprint density at radius 1 is 1.28 bits per heavy atom. The number of rotatable bonds is 1. The van der Waals surface area contributed by atoms with Crippen LogP contribution in [-0.4, -0.2) is 11.4 Å². The van der Waals surface area contributed by atoms with Crippen LogP contribution in [0, 0.1) is 19.8 Å². The maximum atomic E-state index is 8.81. The average molecular weight is 245 g/mol. The standard InChI is InChI=1S/C16H23NO/c1-9-7-14-15(11(3)13(9)8-17-18)10(2)12(4)16(14,5)6/h7-8,10,12,18H,1-6H3. The zero-order valence-electron chi connectivity index (χ0n) is 12.2. The Kier molecular flexibility index (Phi) is 3.00. The lowest BCUT2D eigenvalue weighted by molar-refractivity contribution is 0.322. The van der Waals surface area contributed by atoms with Crippen molar-refractivity contribution in [3.63, 3.8) is 0 Å². The van der Waals surface area contributed by atoms with Crippen LogP contribution < -0.4 is 0 Å². The molecule has 1 aromatic rings. The van der Waals surface area contributed by atoms with Gasteiger partial charge in [-0.1, -0.05) is 38.9 Å². The lowest BCUT2D eigenvalue weighted by atomic mass is 9.77. The Morgan fingerprint density at radius 3 is 2.44 bits per heavy atom. The second-order valence-electron chi connectivity index (χ2n) is 6.24. The van der Waals surface area contributed by atoms with Crippen molar-refractivity contribution >= 4 is 6.21 Å². The van der Waals surface area contributed by atoms with Crippen LogP contribution in [0.15, 0.2) is 11.2 Å². The monoisotopic (exact) mass is 245 g/mol. The van der Waals surface area contributed by atoms with E-state index in [0.29, 0.717) is 11.8 Å². The van der Waals surface area contributed by atoms with Gasteiger partial charge >= 0.3 is 0 Å². The molecule has 0 saturated carbocycles. The summed E-state index contributed by atoms with van der Waals surface area (Å²) < 4.78 is 0. The maximum absolute atomic E-state index is 8.81. The summed E-state index contributed by atoms with van der Waals surface area (Å²) in [5.41, 5.74) is 6.67. The molecule has 0 aliphatic heterocycles. The Morgan fingerprint density at radius 2 is 1.89 bits per heavy atom. The Bertz CT molecular complexity index is 514. The van der Waals surface area contributed by atoms with Crippen LogP contribution in [0.1, 0.15) is 61.4 Å². The van der Waals surface area contributed by atoms with E-state index in [2.05, 4.69) is 52.8 Å². The van der Waals surface area contributed by atoms with Gasteiger partial charge in [-0.15, -0.1) is 0 Å². The molecule has 1 aliphatic carbocycles. The summed E-state index contributed by atoms with van der Waals surface area (Å²) in [5, 5.41) is 12.0. The van der Waals surface area contributed by atoms with Crippen LogP contribution >= 0.6 is 0 Å². The van der Waals surface area contributed by atoms with E-state index in [4.69, 9.17) is 5.21 Å². The normalized spacial score (nSPS) is 25.7. The molecule has 2 atom stereocenters. The van der Waals surface area contributed by atoms with E-state index >= 15 is 0 Å². The van der Waals surface area contributed by atoms with Gasteiger partial charge < -0.3 is 5.21 Å². The molecule has 0 fully saturated rings. The van der Waals surface area contributed by atoms with E-state index < -0.39 is 0 Å². The quantitative estimate of drug-likeness (QED) is 0.450. The number of fused-ring (bicyclic) bond motifs is 1. The minimum atomic E-state index is 0.221. The predicted octanol–water partition coefficient (Wildman–Crippen LogP) is 4.14. The zero-order chi connectivity index (χ0) is 13.7.